The molecule has 0 aliphatic carbocycles. The van der Waals surface area contributed by atoms with Crippen molar-refractivity contribution in [3.05, 3.63) is 0 Å². The molecular weight excluding hydrogens is 270 g/mol. The Morgan fingerprint density at radius 1 is 1.29 bits per heavy atom. The van der Waals surface area contributed by atoms with Gasteiger partial charge in [-0.05, 0) is 53.1 Å². The van der Waals surface area contributed by atoms with Gasteiger partial charge in [0.2, 0.25) is 5.91 Å². The second-order valence-electron chi connectivity index (χ2n) is 6.68. The number of nitrogens with one attached hydrogen (secondary N) is 1. The molecule has 1 heterocycles. The summed E-state index contributed by atoms with van der Waals surface area (Å²) in [6.07, 6.45) is 3.59. The van der Waals surface area contributed by atoms with Crippen molar-refractivity contribution in [3.63, 3.8) is 0 Å². The molecule has 1 fully saturated rings. The third kappa shape index (κ3) is 7.90. The van der Waals surface area contributed by atoms with Crippen LogP contribution in [-0.4, -0.2) is 48.7 Å². The fraction of sp³-hybridized carbons (Fsp3) is 0.867. The van der Waals surface area contributed by atoms with Gasteiger partial charge in [-0.25, -0.2) is 4.79 Å². The summed E-state index contributed by atoms with van der Waals surface area (Å²) in [6, 6.07) is 0. The van der Waals surface area contributed by atoms with Gasteiger partial charge < -0.3 is 20.7 Å². The number of rotatable bonds is 7. The van der Waals surface area contributed by atoms with Crippen LogP contribution in [0.3, 0.4) is 0 Å². The third-order valence-corrected chi connectivity index (χ3v) is 3.49. The first-order valence-corrected chi connectivity index (χ1v) is 7.76. The smallest absolute Gasteiger partial charge is 0.407 e. The van der Waals surface area contributed by atoms with E-state index in [1.807, 2.05) is 20.8 Å². The summed E-state index contributed by atoms with van der Waals surface area (Å²) in [5, 5.41) is 2.75. The zero-order valence-corrected chi connectivity index (χ0v) is 13.5. The molecule has 6 nitrogen and oxygen atoms in total. The van der Waals surface area contributed by atoms with Crippen LogP contribution in [0.15, 0.2) is 0 Å². The minimum absolute atomic E-state index is 0.0267. The Morgan fingerprint density at radius 2 is 2.00 bits per heavy atom. The first-order chi connectivity index (χ1) is 9.78. The lowest BCUT2D eigenvalue weighted by molar-refractivity contribution is -0.121. The van der Waals surface area contributed by atoms with E-state index in [4.69, 9.17) is 10.5 Å². The topological polar surface area (TPSA) is 84.7 Å². The Balaban J connectivity index is 1.98. The second-order valence-corrected chi connectivity index (χ2v) is 6.68. The highest BCUT2D eigenvalue weighted by Crippen LogP contribution is 2.16. The maximum Gasteiger partial charge on any atom is 0.407 e. The van der Waals surface area contributed by atoms with Crippen LogP contribution in [0.5, 0.6) is 0 Å². The molecule has 1 aliphatic heterocycles. The lowest BCUT2D eigenvalue weighted by Crippen LogP contribution is -2.33. The number of hydrogen-bond donors (Lipinski definition) is 2. The molecule has 1 aliphatic rings. The summed E-state index contributed by atoms with van der Waals surface area (Å²) in [5.74, 6) is -0.155. The molecule has 0 unspecified atom stereocenters. The lowest BCUT2D eigenvalue weighted by Gasteiger charge is -2.19. The molecule has 1 rings (SSSR count). The first kappa shape index (κ1) is 17.8. The van der Waals surface area contributed by atoms with Crippen molar-refractivity contribution in [3.8, 4) is 0 Å². The maximum absolute atomic E-state index is 11.4. The summed E-state index contributed by atoms with van der Waals surface area (Å²) in [6.45, 7) is 8.94. The predicted octanol–water partition coefficient (Wildman–Crippen LogP) is 1.49. The van der Waals surface area contributed by atoms with Crippen molar-refractivity contribution in [1.82, 2.24) is 10.2 Å². The van der Waals surface area contributed by atoms with Gasteiger partial charge in [-0.1, -0.05) is 6.42 Å². The van der Waals surface area contributed by atoms with Crippen LogP contribution in [0.1, 0.15) is 46.5 Å². The highest BCUT2D eigenvalue weighted by molar-refractivity contribution is 5.77. The molecule has 1 saturated heterocycles. The molecule has 0 radical (unpaired) electrons. The van der Waals surface area contributed by atoms with Gasteiger partial charge >= 0.3 is 6.09 Å². The van der Waals surface area contributed by atoms with Gasteiger partial charge in [-0.3, -0.25) is 4.79 Å². The molecule has 0 aromatic rings. The van der Waals surface area contributed by atoms with Gasteiger partial charge in [0, 0.05) is 13.1 Å². The predicted molar refractivity (Wildman–Crippen MR) is 81.8 cm³/mol. The Kier molecular flexibility index (Phi) is 6.95. The van der Waals surface area contributed by atoms with E-state index in [0.29, 0.717) is 6.54 Å². The minimum atomic E-state index is -0.448. The van der Waals surface area contributed by atoms with E-state index in [-0.39, 0.29) is 17.9 Å². The van der Waals surface area contributed by atoms with Crippen LogP contribution in [0.2, 0.25) is 0 Å². The number of ether oxygens (including phenoxy) is 1. The highest BCUT2D eigenvalue weighted by Gasteiger charge is 2.25. The van der Waals surface area contributed by atoms with Crippen LogP contribution in [0.4, 0.5) is 4.79 Å². The molecule has 3 N–H and O–H groups in total. The van der Waals surface area contributed by atoms with Crippen molar-refractivity contribution in [2.75, 3.05) is 26.2 Å². The molecule has 6 heteroatoms. The highest BCUT2D eigenvalue weighted by atomic mass is 16.6. The van der Waals surface area contributed by atoms with E-state index >= 15 is 0 Å². The zero-order valence-electron chi connectivity index (χ0n) is 13.5. The normalized spacial score (nSPS) is 19.5. The zero-order chi connectivity index (χ0) is 15.9. The minimum Gasteiger partial charge on any atom is -0.444 e. The van der Waals surface area contributed by atoms with E-state index in [1.165, 1.54) is 0 Å². The van der Waals surface area contributed by atoms with Crippen LogP contribution in [0.25, 0.3) is 0 Å². The number of alkyl carbamates (subject to hydrolysis) is 1. The summed E-state index contributed by atoms with van der Waals surface area (Å²) < 4.78 is 5.16. The second kappa shape index (κ2) is 8.22. The number of amides is 2. The SMILES string of the molecule is CC(C)(C)OC(=O)NCCCCCN1CC[C@@H](C(N)=O)C1. The van der Waals surface area contributed by atoms with E-state index in [9.17, 15) is 9.59 Å². The van der Waals surface area contributed by atoms with Crippen molar-refractivity contribution in [1.29, 1.82) is 0 Å². The molecule has 1 atom stereocenters. The molecule has 0 spiro atoms. The van der Waals surface area contributed by atoms with E-state index in [2.05, 4.69) is 10.2 Å². The fourth-order valence-electron chi connectivity index (χ4n) is 2.41. The molecule has 21 heavy (non-hydrogen) atoms. The molecule has 0 aromatic carbocycles. The third-order valence-electron chi connectivity index (χ3n) is 3.49. The van der Waals surface area contributed by atoms with Gasteiger partial charge in [0.15, 0.2) is 0 Å². The quantitative estimate of drug-likeness (QED) is 0.698. The number of nitrogens with two attached hydrogens (primary N) is 1. The summed E-state index contributed by atoms with van der Waals surface area (Å²) in [4.78, 5) is 24.8. The van der Waals surface area contributed by atoms with Crippen LogP contribution < -0.4 is 11.1 Å². The van der Waals surface area contributed by atoms with Crippen molar-refractivity contribution in [2.45, 2.75) is 52.1 Å². The average molecular weight is 299 g/mol. The summed E-state index contributed by atoms with van der Waals surface area (Å²) in [7, 11) is 0. The van der Waals surface area contributed by atoms with Gasteiger partial charge in [-0.15, -0.1) is 0 Å². The molecule has 0 saturated carbocycles. The average Bonchev–Trinajstić information content (AvgIpc) is 2.80. The van der Waals surface area contributed by atoms with Gasteiger partial charge in [0.1, 0.15) is 5.60 Å². The number of unbranched alkanes of at least 4 members (excludes halogenated alkanes) is 2. The Morgan fingerprint density at radius 3 is 2.57 bits per heavy atom. The number of nitrogens with zero attached hydrogens (tertiary/aromatic N) is 1. The Hall–Kier alpha value is -1.30. The number of carbonyl (C=O) groups is 2. The van der Waals surface area contributed by atoms with Crippen molar-refractivity contribution in [2.24, 2.45) is 11.7 Å². The van der Waals surface area contributed by atoms with E-state index in [1.54, 1.807) is 0 Å². The standard InChI is InChI=1S/C15H29N3O3/c1-15(2,3)21-14(20)17-8-5-4-6-9-18-10-7-12(11-18)13(16)19/h12H,4-11H2,1-3H3,(H2,16,19)(H,17,20)/t12-/m1/s1. The van der Waals surface area contributed by atoms with Crippen LogP contribution >= 0.6 is 0 Å². The molecule has 0 aromatic heterocycles. The molecule has 2 amide bonds. The largest absolute Gasteiger partial charge is 0.444 e. The summed E-state index contributed by atoms with van der Waals surface area (Å²) >= 11 is 0. The van der Waals surface area contributed by atoms with Gasteiger partial charge in [-0.2, -0.15) is 0 Å². The molecular formula is C15H29N3O3. The number of primary amides is 1. The maximum atomic E-state index is 11.4. The van der Waals surface area contributed by atoms with E-state index in [0.717, 1.165) is 45.3 Å². The van der Waals surface area contributed by atoms with Crippen LogP contribution in [-0.2, 0) is 9.53 Å². The fourth-order valence-corrected chi connectivity index (χ4v) is 2.41. The summed E-state index contributed by atoms with van der Waals surface area (Å²) in [5.41, 5.74) is 4.86. The van der Waals surface area contributed by atoms with Crippen LogP contribution in [0, 0.1) is 5.92 Å². The first-order valence-electron chi connectivity index (χ1n) is 7.76. The van der Waals surface area contributed by atoms with E-state index < -0.39 is 5.60 Å². The number of hydrogen-bond acceptors (Lipinski definition) is 4. The van der Waals surface area contributed by atoms with Gasteiger partial charge in [0.05, 0.1) is 5.92 Å². The number of carbonyl (C=O) groups excluding carboxylic acids is 2. The van der Waals surface area contributed by atoms with Crippen molar-refractivity contribution < 1.29 is 14.3 Å². The van der Waals surface area contributed by atoms with Gasteiger partial charge in [0.25, 0.3) is 0 Å². The Bertz CT molecular complexity index is 353. The molecule has 122 valence electrons. The molecule has 0 bridgehead atoms. The van der Waals surface area contributed by atoms with Crippen molar-refractivity contribution >= 4 is 12.0 Å². The number of likely N-dealkylation sites (tertiary alicyclic amines) is 1. The monoisotopic (exact) mass is 299 g/mol. The lowest BCUT2D eigenvalue weighted by atomic mass is 10.1. The Labute approximate surface area is 127 Å².